The van der Waals surface area contributed by atoms with Gasteiger partial charge in [0.2, 0.25) is 5.95 Å². The van der Waals surface area contributed by atoms with Crippen LogP contribution < -0.4 is 10.2 Å². The van der Waals surface area contributed by atoms with Gasteiger partial charge < -0.3 is 15.3 Å². The number of aliphatic hydroxyl groups is 1. The number of rotatable bonds is 5. The van der Waals surface area contributed by atoms with Gasteiger partial charge in [-0.05, 0) is 30.4 Å². The van der Waals surface area contributed by atoms with Crippen molar-refractivity contribution >= 4 is 23.4 Å². The lowest BCUT2D eigenvalue weighted by Crippen LogP contribution is -2.45. The van der Waals surface area contributed by atoms with E-state index in [9.17, 15) is 9.90 Å². The molecule has 1 aliphatic rings. The Hall–Kier alpha value is -2.13. The van der Waals surface area contributed by atoms with Crippen LogP contribution in [0.2, 0.25) is 0 Å². The number of anilines is 1. The van der Waals surface area contributed by atoms with E-state index in [0.717, 1.165) is 11.5 Å². The monoisotopic (exact) mass is 334 g/mol. The highest BCUT2D eigenvalue weighted by molar-refractivity contribution is 7.08. The summed E-state index contributed by atoms with van der Waals surface area (Å²) in [5.74, 6) is 0.356. The van der Waals surface area contributed by atoms with Gasteiger partial charge in [-0.15, -0.1) is 5.10 Å². The van der Waals surface area contributed by atoms with E-state index in [4.69, 9.17) is 0 Å². The maximum absolute atomic E-state index is 12.2. The Bertz CT molecular complexity index is 679. The van der Waals surface area contributed by atoms with E-state index >= 15 is 0 Å². The lowest BCUT2D eigenvalue weighted by Gasteiger charge is -2.23. The van der Waals surface area contributed by atoms with Crippen molar-refractivity contribution in [2.24, 2.45) is 0 Å². The number of amides is 1. The second-order valence-corrected chi connectivity index (χ2v) is 6.28. The number of β-amino-alcohol motifs (C(OH)–C–C–N with tert-alkyl or cyclic N) is 1. The molecule has 3 heterocycles. The molecule has 0 radical (unpaired) electrons. The largest absolute Gasteiger partial charge is 0.386 e. The Morgan fingerprint density at radius 2 is 2.26 bits per heavy atom. The summed E-state index contributed by atoms with van der Waals surface area (Å²) in [6, 6.07) is 1.75. The van der Waals surface area contributed by atoms with Crippen LogP contribution in [0.15, 0.2) is 18.5 Å². The van der Waals surface area contributed by atoms with Crippen molar-refractivity contribution in [3.8, 4) is 0 Å². The Labute approximate surface area is 137 Å². The van der Waals surface area contributed by atoms with Gasteiger partial charge in [0.25, 0.3) is 5.91 Å². The fraction of sp³-hybridized carbons (Fsp3) is 0.500. The number of hydrogen-bond donors (Lipinski definition) is 2. The molecule has 1 fully saturated rings. The number of nitrogens with zero attached hydrogens (tertiary/aromatic N) is 5. The van der Waals surface area contributed by atoms with Crippen LogP contribution >= 0.6 is 11.5 Å². The molecule has 8 nitrogen and oxygen atoms in total. The zero-order valence-corrected chi connectivity index (χ0v) is 13.6. The van der Waals surface area contributed by atoms with Gasteiger partial charge in [-0.3, -0.25) is 4.79 Å². The Morgan fingerprint density at radius 3 is 3.00 bits per heavy atom. The SMILES string of the molecule is CCc1nnsc1C(=O)NCC1(O)CCN(c2ncccn2)C1. The highest BCUT2D eigenvalue weighted by Crippen LogP contribution is 2.23. The molecule has 9 heteroatoms. The Balaban J connectivity index is 1.59. The molecule has 2 N–H and O–H groups in total. The van der Waals surface area contributed by atoms with E-state index in [0.29, 0.717) is 42.5 Å². The normalized spacial score (nSPS) is 20.7. The standard InChI is InChI=1S/C14H18N6O2S/c1-2-10-11(23-19-18-10)12(21)17-8-14(22)4-7-20(9-14)13-15-5-3-6-16-13/h3,5-6,22H,2,4,7-9H2,1H3,(H,17,21). The summed E-state index contributed by atoms with van der Waals surface area (Å²) in [5, 5.41) is 17.4. The van der Waals surface area contributed by atoms with Gasteiger partial charge in [-0.2, -0.15) is 0 Å². The second kappa shape index (κ2) is 6.55. The predicted molar refractivity (Wildman–Crippen MR) is 85.4 cm³/mol. The molecule has 0 aliphatic carbocycles. The van der Waals surface area contributed by atoms with Crippen molar-refractivity contribution in [3.63, 3.8) is 0 Å². The molecule has 0 aromatic carbocycles. The Morgan fingerprint density at radius 1 is 1.48 bits per heavy atom. The number of carbonyl (C=O) groups excluding carboxylic acids is 1. The van der Waals surface area contributed by atoms with E-state index < -0.39 is 5.60 Å². The topological polar surface area (TPSA) is 104 Å². The number of carbonyl (C=O) groups is 1. The fourth-order valence-electron chi connectivity index (χ4n) is 2.56. The van der Waals surface area contributed by atoms with Crippen LogP contribution in [-0.4, -0.2) is 55.8 Å². The zero-order valence-electron chi connectivity index (χ0n) is 12.8. The van der Waals surface area contributed by atoms with Crippen molar-refractivity contribution in [2.75, 3.05) is 24.5 Å². The smallest absolute Gasteiger partial charge is 0.265 e. The van der Waals surface area contributed by atoms with Crippen LogP contribution in [0, 0.1) is 0 Å². The van der Waals surface area contributed by atoms with E-state index in [-0.39, 0.29) is 12.5 Å². The summed E-state index contributed by atoms with van der Waals surface area (Å²) in [5.41, 5.74) is -0.301. The third-order valence-corrected chi connectivity index (χ3v) is 4.61. The summed E-state index contributed by atoms with van der Waals surface area (Å²) in [6.07, 6.45) is 4.55. The van der Waals surface area contributed by atoms with Crippen LogP contribution in [0.1, 0.15) is 28.7 Å². The average molecular weight is 334 g/mol. The molecule has 1 atom stereocenters. The van der Waals surface area contributed by atoms with Gasteiger partial charge in [0.05, 0.1) is 12.2 Å². The summed E-state index contributed by atoms with van der Waals surface area (Å²) >= 11 is 1.08. The average Bonchev–Trinajstić information content (AvgIpc) is 3.20. The first kappa shape index (κ1) is 15.8. The molecule has 2 aromatic heterocycles. The second-order valence-electron chi connectivity index (χ2n) is 5.53. The molecule has 3 rings (SSSR count). The number of nitrogens with one attached hydrogen (secondary N) is 1. The zero-order chi connectivity index (χ0) is 16.3. The number of aryl methyl sites for hydroxylation is 1. The van der Waals surface area contributed by atoms with Gasteiger partial charge in [-0.1, -0.05) is 11.4 Å². The lowest BCUT2D eigenvalue weighted by atomic mass is 10.0. The summed E-state index contributed by atoms with van der Waals surface area (Å²) in [7, 11) is 0. The van der Waals surface area contributed by atoms with Crippen molar-refractivity contribution < 1.29 is 9.90 Å². The summed E-state index contributed by atoms with van der Waals surface area (Å²) < 4.78 is 3.81. The highest BCUT2D eigenvalue weighted by Gasteiger charge is 2.37. The number of aromatic nitrogens is 4. The molecule has 1 amide bonds. The minimum absolute atomic E-state index is 0.177. The van der Waals surface area contributed by atoms with Gasteiger partial charge >= 0.3 is 0 Å². The van der Waals surface area contributed by atoms with Crippen LogP contribution in [0.25, 0.3) is 0 Å². The van der Waals surface area contributed by atoms with E-state index in [1.165, 1.54) is 0 Å². The van der Waals surface area contributed by atoms with Gasteiger partial charge in [-0.25, -0.2) is 9.97 Å². The maximum Gasteiger partial charge on any atom is 0.265 e. The predicted octanol–water partition coefficient (Wildman–Crippen LogP) is 0.262. The van der Waals surface area contributed by atoms with Crippen LogP contribution in [-0.2, 0) is 6.42 Å². The highest BCUT2D eigenvalue weighted by atomic mass is 32.1. The molecule has 1 unspecified atom stereocenters. The fourth-order valence-corrected chi connectivity index (χ4v) is 3.23. The molecule has 0 spiro atoms. The van der Waals surface area contributed by atoms with E-state index in [2.05, 4.69) is 24.9 Å². The first-order chi connectivity index (χ1) is 11.1. The van der Waals surface area contributed by atoms with Crippen LogP contribution in [0.3, 0.4) is 0 Å². The molecule has 122 valence electrons. The van der Waals surface area contributed by atoms with Gasteiger partial charge in [0.15, 0.2) is 0 Å². The molecule has 2 aromatic rings. The van der Waals surface area contributed by atoms with Crippen LogP contribution in [0.5, 0.6) is 0 Å². The van der Waals surface area contributed by atoms with Crippen LogP contribution in [0.4, 0.5) is 5.95 Å². The van der Waals surface area contributed by atoms with Gasteiger partial charge in [0.1, 0.15) is 10.5 Å². The Kier molecular flexibility index (Phi) is 4.49. The molecular formula is C14H18N6O2S. The summed E-state index contributed by atoms with van der Waals surface area (Å²) in [6.45, 7) is 3.14. The molecule has 1 saturated heterocycles. The van der Waals surface area contributed by atoms with Crippen molar-refractivity contribution in [1.29, 1.82) is 0 Å². The van der Waals surface area contributed by atoms with Crippen molar-refractivity contribution in [2.45, 2.75) is 25.4 Å². The quantitative estimate of drug-likeness (QED) is 0.808. The maximum atomic E-state index is 12.2. The molecule has 0 saturated carbocycles. The van der Waals surface area contributed by atoms with E-state index in [1.807, 2.05) is 11.8 Å². The van der Waals surface area contributed by atoms with E-state index in [1.54, 1.807) is 18.5 Å². The third kappa shape index (κ3) is 3.45. The lowest BCUT2D eigenvalue weighted by molar-refractivity contribution is 0.0576. The number of hydrogen-bond acceptors (Lipinski definition) is 8. The first-order valence-corrected chi connectivity index (χ1v) is 8.22. The molecular weight excluding hydrogens is 316 g/mol. The minimum atomic E-state index is -0.987. The molecule has 23 heavy (non-hydrogen) atoms. The van der Waals surface area contributed by atoms with Crippen molar-refractivity contribution in [3.05, 3.63) is 29.0 Å². The summed E-state index contributed by atoms with van der Waals surface area (Å²) in [4.78, 5) is 23.0. The van der Waals surface area contributed by atoms with Gasteiger partial charge in [0, 0.05) is 25.5 Å². The molecule has 0 bridgehead atoms. The third-order valence-electron chi connectivity index (χ3n) is 3.84. The molecule has 1 aliphatic heterocycles. The minimum Gasteiger partial charge on any atom is -0.386 e. The first-order valence-electron chi connectivity index (χ1n) is 7.45. The van der Waals surface area contributed by atoms with Crippen molar-refractivity contribution in [1.82, 2.24) is 24.9 Å².